The van der Waals surface area contributed by atoms with Crippen molar-refractivity contribution in [2.45, 2.75) is 0 Å². The Morgan fingerprint density at radius 3 is 2.00 bits per heavy atom. The molecular weight excluding hydrogens is 280 g/mol. The van der Waals surface area contributed by atoms with Crippen LogP contribution in [0.1, 0.15) is 0 Å². The van der Waals surface area contributed by atoms with E-state index >= 15 is 0 Å². The summed E-state index contributed by atoms with van der Waals surface area (Å²) in [4.78, 5) is 0. The zero-order valence-corrected chi connectivity index (χ0v) is 11.7. The first-order valence-corrected chi connectivity index (χ1v) is 8.52. The molecule has 0 radical (unpaired) electrons. The molecule has 0 aliphatic heterocycles. The number of hydrogen-bond acceptors (Lipinski definition) is 5. The van der Waals surface area contributed by atoms with Gasteiger partial charge in [-0.05, 0) is 12.1 Å². The second-order valence-electron chi connectivity index (χ2n) is 3.66. The molecule has 7 nitrogen and oxygen atoms in total. The van der Waals surface area contributed by atoms with Gasteiger partial charge in [0.1, 0.15) is 5.75 Å². The van der Waals surface area contributed by atoms with E-state index in [1.807, 2.05) is 0 Å². The van der Waals surface area contributed by atoms with Gasteiger partial charge < -0.3 is 4.74 Å². The van der Waals surface area contributed by atoms with Gasteiger partial charge in [0.25, 0.3) is 0 Å². The normalized spacial score (nSPS) is 11.9. The number of rotatable bonds is 5. The highest BCUT2D eigenvalue weighted by Crippen LogP contribution is 2.28. The van der Waals surface area contributed by atoms with Crippen LogP contribution in [0.4, 0.5) is 11.4 Å². The van der Waals surface area contributed by atoms with Gasteiger partial charge in [0.2, 0.25) is 20.0 Å². The van der Waals surface area contributed by atoms with Crippen molar-refractivity contribution in [3.8, 4) is 5.75 Å². The lowest BCUT2D eigenvalue weighted by molar-refractivity contribution is 0.417. The lowest BCUT2D eigenvalue weighted by Gasteiger charge is -2.12. The van der Waals surface area contributed by atoms with Crippen LogP contribution in [-0.2, 0) is 20.0 Å². The number of benzene rings is 1. The monoisotopic (exact) mass is 294 g/mol. The van der Waals surface area contributed by atoms with Crippen LogP contribution in [-0.4, -0.2) is 36.5 Å². The van der Waals surface area contributed by atoms with Crippen molar-refractivity contribution in [3.05, 3.63) is 18.2 Å². The van der Waals surface area contributed by atoms with Crippen molar-refractivity contribution >= 4 is 31.4 Å². The summed E-state index contributed by atoms with van der Waals surface area (Å²) in [6, 6.07) is 4.22. The van der Waals surface area contributed by atoms with E-state index in [0.29, 0.717) is 0 Å². The van der Waals surface area contributed by atoms with Crippen LogP contribution in [0.15, 0.2) is 18.2 Å². The van der Waals surface area contributed by atoms with E-state index in [-0.39, 0.29) is 17.1 Å². The smallest absolute Gasteiger partial charge is 0.229 e. The second kappa shape index (κ2) is 5.02. The van der Waals surface area contributed by atoms with Crippen molar-refractivity contribution in [1.29, 1.82) is 0 Å². The number of hydrogen-bond donors (Lipinski definition) is 2. The van der Waals surface area contributed by atoms with Crippen LogP contribution >= 0.6 is 0 Å². The molecule has 0 fully saturated rings. The first kappa shape index (κ1) is 14.6. The molecule has 9 heteroatoms. The Bertz CT molecular complexity index is 637. The van der Waals surface area contributed by atoms with Crippen molar-refractivity contribution in [2.24, 2.45) is 0 Å². The number of nitrogens with one attached hydrogen (secondary N) is 2. The minimum Gasteiger partial charge on any atom is -0.494 e. The van der Waals surface area contributed by atoms with E-state index < -0.39 is 20.0 Å². The predicted octanol–water partition coefficient (Wildman–Crippen LogP) is 0.438. The molecule has 0 amide bonds. The molecule has 0 aliphatic rings. The molecule has 1 rings (SSSR count). The standard InChI is InChI=1S/C9H14N2O5S2/c1-16-9-6-7(10-17(2,12)13)4-5-8(9)11-18(3,14)15/h4-6,10-11H,1-3H3. The van der Waals surface area contributed by atoms with Crippen molar-refractivity contribution in [1.82, 2.24) is 0 Å². The maximum absolute atomic E-state index is 11.1. The van der Waals surface area contributed by atoms with E-state index in [2.05, 4.69) is 9.44 Å². The molecule has 0 atom stereocenters. The SMILES string of the molecule is COc1cc(NS(C)(=O)=O)ccc1NS(C)(=O)=O. The molecule has 102 valence electrons. The van der Waals surface area contributed by atoms with Gasteiger partial charge in [0.05, 0.1) is 31.0 Å². The molecular formula is C9H14N2O5S2. The fourth-order valence-corrected chi connectivity index (χ4v) is 2.38. The Morgan fingerprint density at radius 1 is 1.00 bits per heavy atom. The zero-order chi connectivity index (χ0) is 14.0. The Balaban J connectivity index is 3.12. The molecule has 0 heterocycles. The third kappa shape index (κ3) is 4.80. The van der Waals surface area contributed by atoms with Crippen LogP contribution in [0.5, 0.6) is 5.75 Å². The lowest BCUT2D eigenvalue weighted by atomic mass is 10.2. The zero-order valence-electron chi connectivity index (χ0n) is 10.1. The van der Waals surface area contributed by atoms with Crippen LogP contribution in [0.2, 0.25) is 0 Å². The van der Waals surface area contributed by atoms with Crippen molar-refractivity contribution in [3.63, 3.8) is 0 Å². The average Bonchev–Trinajstić information content (AvgIpc) is 2.16. The molecule has 1 aromatic carbocycles. The van der Waals surface area contributed by atoms with Crippen LogP contribution in [0.25, 0.3) is 0 Å². The topological polar surface area (TPSA) is 102 Å². The van der Waals surface area contributed by atoms with Gasteiger partial charge in [-0.1, -0.05) is 0 Å². The highest BCUT2D eigenvalue weighted by atomic mass is 32.2. The highest BCUT2D eigenvalue weighted by Gasteiger charge is 2.10. The third-order valence-corrected chi connectivity index (χ3v) is 3.00. The molecule has 1 aromatic rings. The fourth-order valence-electron chi connectivity index (χ4n) is 1.25. The van der Waals surface area contributed by atoms with Gasteiger partial charge >= 0.3 is 0 Å². The molecule has 0 saturated carbocycles. The second-order valence-corrected chi connectivity index (χ2v) is 7.16. The molecule has 0 saturated heterocycles. The number of ether oxygens (including phenoxy) is 1. The summed E-state index contributed by atoms with van der Waals surface area (Å²) >= 11 is 0. The first-order chi connectivity index (χ1) is 8.11. The largest absolute Gasteiger partial charge is 0.494 e. The van der Waals surface area contributed by atoms with Gasteiger partial charge in [0, 0.05) is 6.07 Å². The summed E-state index contributed by atoms with van der Waals surface area (Å²) in [7, 11) is -5.47. The number of anilines is 2. The van der Waals surface area contributed by atoms with Crippen LogP contribution < -0.4 is 14.2 Å². The predicted molar refractivity (Wildman–Crippen MR) is 69.9 cm³/mol. The first-order valence-electron chi connectivity index (χ1n) is 4.74. The lowest BCUT2D eigenvalue weighted by Crippen LogP contribution is -2.12. The Labute approximate surface area is 106 Å². The summed E-state index contributed by atoms with van der Waals surface area (Å²) in [6.45, 7) is 0. The molecule has 0 aromatic heterocycles. The van der Waals surface area contributed by atoms with Crippen molar-refractivity contribution in [2.75, 3.05) is 29.1 Å². The summed E-state index contributed by atoms with van der Waals surface area (Å²) in [5.74, 6) is 0.217. The number of sulfonamides is 2. The van der Waals surface area contributed by atoms with Crippen molar-refractivity contribution < 1.29 is 21.6 Å². The number of methoxy groups -OCH3 is 1. The fraction of sp³-hybridized carbons (Fsp3) is 0.333. The van der Waals surface area contributed by atoms with Gasteiger partial charge in [-0.15, -0.1) is 0 Å². The third-order valence-electron chi connectivity index (χ3n) is 1.80. The van der Waals surface area contributed by atoms with Gasteiger partial charge in [0.15, 0.2) is 0 Å². The van der Waals surface area contributed by atoms with Gasteiger partial charge in [-0.2, -0.15) is 0 Å². The summed E-state index contributed by atoms with van der Waals surface area (Å²) in [5.41, 5.74) is 0.521. The Hall–Kier alpha value is -1.48. The van der Waals surface area contributed by atoms with E-state index in [1.165, 1.54) is 25.3 Å². The Morgan fingerprint density at radius 2 is 1.56 bits per heavy atom. The quantitative estimate of drug-likeness (QED) is 0.820. The molecule has 0 bridgehead atoms. The molecule has 18 heavy (non-hydrogen) atoms. The maximum Gasteiger partial charge on any atom is 0.229 e. The minimum absolute atomic E-state index is 0.217. The van der Waals surface area contributed by atoms with Gasteiger partial charge in [-0.3, -0.25) is 9.44 Å². The van der Waals surface area contributed by atoms with Gasteiger partial charge in [-0.25, -0.2) is 16.8 Å². The highest BCUT2D eigenvalue weighted by molar-refractivity contribution is 7.92. The molecule has 0 spiro atoms. The molecule has 0 unspecified atom stereocenters. The summed E-state index contributed by atoms with van der Waals surface area (Å²) in [6.07, 6.45) is 2.03. The maximum atomic E-state index is 11.1. The molecule has 0 aliphatic carbocycles. The van der Waals surface area contributed by atoms with E-state index in [0.717, 1.165) is 12.5 Å². The summed E-state index contributed by atoms with van der Waals surface area (Å²) in [5, 5.41) is 0. The Kier molecular flexibility index (Phi) is 4.07. The average molecular weight is 294 g/mol. The minimum atomic E-state index is -3.43. The molecule has 2 N–H and O–H groups in total. The van der Waals surface area contributed by atoms with E-state index in [4.69, 9.17) is 4.74 Å². The van der Waals surface area contributed by atoms with E-state index in [1.54, 1.807) is 0 Å². The van der Waals surface area contributed by atoms with Crippen LogP contribution in [0, 0.1) is 0 Å². The van der Waals surface area contributed by atoms with Crippen LogP contribution in [0.3, 0.4) is 0 Å². The summed E-state index contributed by atoms with van der Waals surface area (Å²) < 4.78 is 53.8. The van der Waals surface area contributed by atoms with E-state index in [9.17, 15) is 16.8 Å².